The highest BCUT2D eigenvalue weighted by Gasteiger charge is 2.23. The molecule has 1 rings (SSSR count). The summed E-state index contributed by atoms with van der Waals surface area (Å²) in [5, 5.41) is 0. The number of carbonyl (C=O) groups is 1. The Morgan fingerprint density at radius 3 is 2.21 bits per heavy atom. The first-order valence-electron chi connectivity index (χ1n) is 7.02. The van der Waals surface area contributed by atoms with Gasteiger partial charge in [-0.3, -0.25) is 4.79 Å². The highest BCUT2D eigenvalue weighted by molar-refractivity contribution is 5.96. The van der Waals surface area contributed by atoms with Crippen molar-refractivity contribution in [3.8, 4) is 0 Å². The fourth-order valence-electron chi connectivity index (χ4n) is 2.02. The molecule has 19 heavy (non-hydrogen) atoms. The molecule has 106 valence electrons. The van der Waals surface area contributed by atoms with E-state index in [9.17, 15) is 4.79 Å². The van der Waals surface area contributed by atoms with E-state index in [-0.39, 0.29) is 11.2 Å². The summed E-state index contributed by atoms with van der Waals surface area (Å²) in [5.41, 5.74) is 2.25. The molecule has 1 atom stereocenters. The van der Waals surface area contributed by atoms with Gasteiger partial charge in [-0.2, -0.15) is 0 Å². The van der Waals surface area contributed by atoms with Crippen LogP contribution in [0.2, 0.25) is 0 Å². The number of carbonyl (C=O) groups excluding carboxylic acids is 1. The Morgan fingerprint density at radius 1 is 1.21 bits per heavy atom. The SMILES string of the molecule is Cc1ccc(C(=O)CCN(C)C(C)C(C)(C)C)cc1. The van der Waals surface area contributed by atoms with Crippen molar-refractivity contribution in [1.29, 1.82) is 0 Å². The van der Waals surface area contributed by atoms with Crippen molar-refractivity contribution >= 4 is 5.78 Å². The summed E-state index contributed by atoms with van der Waals surface area (Å²) < 4.78 is 0. The normalized spacial score (nSPS) is 13.6. The molecule has 0 saturated heterocycles. The highest BCUT2D eigenvalue weighted by Crippen LogP contribution is 2.23. The van der Waals surface area contributed by atoms with Crippen LogP contribution in [-0.4, -0.2) is 30.3 Å². The summed E-state index contributed by atoms with van der Waals surface area (Å²) in [5.74, 6) is 0.230. The third-order valence-corrected chi connectivity index (χ3v) is 3.98. The van der Waals surface area contributed by atoms with E-state index in [0.29, 0.717) is 12.5 Å². The van der Waals surface area contributed by atoms with Crippen molar-refractivity contribution in [2.24, 2.45) is 5.41 Å². The van der Waals surface area contributed by atoms with E-state index >= 15 is 0 Å². The molecule has 0 amide bonds. The first-order valence-corrected chi connectivity index (χ1v) is 7.02. The van der Waals surface area contributed by atoms with Crippen LogP contribution in [0.25, 0.3) is 0 Å². The molecular formula is C17H27NO. The summed E-state index contributed by atoms with van der Waals surface area (Å²) in [6, 6.07) is 8.29. The molecule has 1 unspecified atom stereocenters. The standard InChI is InChI=1S/C17H27NO/c1-13-7-9-15(10-8-13)16(19)11-12-18(6)14(2)17(3,4)5/h7-10,14H,11-12H2,1-6H3. The zero-order chi connectivity index (χ0) is 14.6. The van der Waals surface area contributed by atoms with Gasteiger partial charge in [-0.1, -0.05) is 50.6 Å². The lowest BCUT2D eigenvalue weighted by atomic mass is 9.87. The Balaban J connectivity index is 2.53. The second-order valence-corrected chi connectivity index (χ2v) is 6.56. The van der Waals surface area contributed by atoms with Crippen LogP contribution in [0.4, 0.5) is 0 Å². The van der Waals surface area contributed by atoms with E-state index in [1.54, 1.807) is 0 Å². The number of nitrogens with zero attached hydrogens (tertiary/aromatic N) is 1. The predicted octanol–water partition coefficient (Wildman–Crippen LogP) is 3.93. The third kappa shape index (κ3) is 4.79. The lowest BCUT2D eigenvalue weighted by molar-refractivity contribution is 0.0928. The summed E-state index contributed by atoms with van der Waals surface area (Å²) in [4.78, 5) is 14.4. The second-order valence-electron chi connectivity index (χ2n) is 6.56. The minimum atomic E-state index is 0.230. The molecule has 1 aromatic rings. The maximum absolute atomic E-state index is 12.1. The zero-order valence-electron chi connectivity index (χ0n) is 13.2. The lowest BCUT2D eigenvalue weighted by Gasteiger charge is -2.35. The van der Waals surface area contributed by atoms with Crippen LogP contribution in [0.3, 0.4) is 0 Å². The molecule has 0 radical (unpaired) electrons. The van der Waals surface area contributed by atoms with Crippen molar-refractivity contribution in [2.45, 2.75) is 47.1 Å². The second kappa shape index (κ2) is 6.33. The van der Waals surface area contributed by atoms with E-state index < -0.39 is 0 Å². The van der Waals surface area contributed by atoms with E-state index in [2.05, 4.69) is 39.6 Å². The maximum atomic E-state index is 12.1. The number of aryl methyl sites for hydroxylation is 1. The average molecular weight is 261 g/mol. The molecule has 0 aliphatic rings. The van der Waals surface area contributed by atoms with E-state index in [1.165, 1.54) is 5.56 Å². The molecule has 2 nitrogen and oxygen atoms in total. The van der Waals surface area contributed by atoms with Crippen LogP contribution < -0.4 is 0 Å². The van der Waals surface area contributed by atoms with Gasteiger partial charge in [-0.15, -0.1) is 0 Å². The topological polar surface area (TPSA) is 20.3 Å². The summed E-state index contributed by atoms with van der Waals surface area (Å²) in [6.45, 7) is 11.8. The van der Waals surface area contributed by atoms with Gasteiger partial charge in [0.25, 0.3) is 0 Å². The first kappa shape index (κ1) is 15.9. The average Bonchev–Trinajstić information content (AvgIpc) is 2.34. The van der Waals surface area contributed by atoms with Crippen LogP contribution in [0.5, 0.6) is 0 Å². The van der Waals surface area contributed by atoms with Crippen LogP contribution in [0.1, 0.15) is 50.0 Å². The van der Waals surface area contributed by atoms with Gasteiger partial charge in [0.05, 0.1) is 0 Å². The van der Waals surface area contributed by atoms with Crippen LogP contribution in [0.15, 0.2) is 24.3 Å². The molecule has 0 heterocycles. The minimum Gasteiger partial charge on any atom is -0.303 e. The van der Waals surface area contributed by atoms with E-state index in [4.69, 9.17) is 0 Å². The van der Waals surface area contributed by atoms with Crippen molar-refractivity contribution in [3.05, 3.63) is 35.4 Å². The monoisotopic (exact) mass is 261 g/mol. The molecule has 1 aromatic carbocycles. The van der Waals surface area contributed by atoms with Crippen LogP contribution in [-0.2, 0) is 0 Å². The van der Waals surface area contributed by atoms with Gasteiger partial charge in [0.1, 0.15) is 0 Å². The zero-order valence-corrected chi connectivity index (χ0v) is 13.2. The Hall–Kier alpha value is -1.15. The minimum absolute atomic E-state index is 0.230. The Morgan fingerprint density at radius 2 is 1.74 bits per heavy atom. The van der Waals surface area contributed by atoms with Gasteiger partial charge in [0.2, 0.25) is 0 Å². The lowest BCUT2D eigenvalue weighted by Crippen LogP contribution is -2.40. The molecular weight excluding hydrogens is 234 g/mol. The van der Waals surface area contributed by atoms with E-state index in [1.807, 2.05) is 31.2 Å². The molecule has 0 aliphatic carbocycles. The largest absolute Gasteiger partial charge is 0.303 e. The van der Waals surface area contributed by atoms with Crippen molar-refractivity contribution in [3.63, 3.8) is 0 Å². The van der Waals surface area contributed by atoms with Crippen LogP contribution >= 0.6 is 0 Å². The quantitative estimate of drug-likeness (QED) is 0.748. The smallest absolute Gasteiger partial charge is 0.164 e. The van der Waals surface area contributed by atoms with Gasteiger partial charge >= 0.3 is 0 Å². The van der Waals surface area contributed by atoms with Gasteiger partial charge in [-0.25, -0.2) is 0 Å². The maximum Gasteiger partial charge on any atom is 0.164 e. The highest BCUT2D eigenvalue weighted by atomic mass is 16.1. The molecule has 0 aromatic heterocycles. The van der Waals surface area contributed by atoms with Gasteiger partial charge in [0.15, 0.2) is 5.78 Å². The molecule has 0 N–H and O–H groups in total. The fraction of sp³-hybridized carbons (Fsp3) is 0.588. The summed E-state index contributed by atoms with van der Waals surface area (Å²) in [6.07, 6.45) is 0.583. The third-order valence-electron chi connectivity index (χ3n) is 3.98. The van der Waals surface area contributed by atoms with Gasteiger partial charge < -0.3 is 4.90 Å². The first-order chi connectivity index (χ1) is 8.71. The van der Waals surface area contributed by atoms with Crippen molar-refractivity contribution in [2.75, 3.05) is 13.6 Å². The Labute approximate surface area is 117 Å². The number of ketones is 1. The molecule has 0 saturated carbocycles. The Bertz CT molecular complexity index is 414. The van der Waals surface area contributed by atoms with Gasteiger partial charge in [0, 0.05) is 24.6 Å². The van der Waals surface area contributed by atoms with Crippen molar-refractivity contribution < 1.29 is 4.79 Å². The molecule has 0 fully saturated rings. The molecule has 0 aliphatic heterocycles. The number of rotatable bonds is 5. The molecule has 0 spiro atoms. The molecule has 0 bridgehead atoms. The van der Waals surface area contributed by atoms with E-state index in [0.717, 1.165) is 12.1 Å². The Kier molecular flexibility index (Phi) is 5.30. The summed E-state index contributed by atoms with van der Waals surface area (Å²) in [7, 11) is 2.10. The van der Waals surface area contributed by atoms with Gasteiger partial charge in [-0.05, 0) is 26.3 Å². The van der Waals surface area contributed by atoms with Crippen molar-refractivity contribution in [1.82, 2.24) is 4.90 Å². The van der Waals surface area contributed by atoms with Crippen LogP contribution in [0, 0.1) is 12.3 Å². The molecule has 2 heteroatoms. The summed E-state index contributed by atoms with van der Waals surface area (Å²) >= 11 is 0. The number of Topliss-reactive ketones (excluding diaryl/α,β-unsaturated/α-hetero) is 1. The number of hydrogen-bond acceptors (Lipinski definition) is 2. The number of hydrogen-bond donors (Lipinski definition) is 0. The predicted molar refractivity (Wildman–Crippen MR) is 81.7 cm³/mol. The number of benzene rings is 1. The fourth-order valence-corrected chi connectivity index (χ4v) is 2.02.